The number of hydrogen-bond acceptors (Lipinski definition) is 3. The van der Waals surface area contributed by atoms with Crippen LogP contribution in [0.1, 0.15) is 18.1 Å². The van der Waals surface area contributed by atoms with Gasteiger partial charge in [0.05, 0.1) is 12.2 Å². The molecule has 2 N–H and O–H groups in total. The van der Waals surface area contributed by atoms with E-state index in [1.54, 1.807) is 6.92 Å². The van der Waals surface area contributed by atoms with E-state index in [0.29, 0.717) is 12.2 Å². The standard InChI is InChI=1S/C18H19NO2/c1-2-21-18(20)16(13-19)17(14-9-5-3-6-10-14)15-11-7-4-8-12-15/h3-12H,2,13,19H2,1H3. The van der Waals surface area contributed by atoms with Gasteiger partial charge in [0.15, 0.2) is 0 Å². The Morgan fingerprint density at radius 1 is 0.952 bits per heavy atom. The van der Waals surface area contributed by atoms with E-state index in [4.69, 9.17) is 10.5 Å². The molecular weight excluding hydrogens is 262 g/mol. The Morgan fingerprint density at radius 3 is 1.81 bits per heavy atom. The Labute approximate surface area is 125 Å². The molecule has 0 unspecified atom stereocenters. The number of carbonyl (C=O) groups is 1. The van der Waals surface area contributed by atoms with E-state index in [-0.39, 0.29) is 12.5 Å². The van der Waals surface area contributed by atoms with Gasteiger partial charge >= 0.3 is 5.97 Å². The van der Waals surface area contributed by atoms with E-state index in [2.05, 4.69) is 0 Å². The van der Waals surface area contributed by atoms with Crippen LogP contribution in [0.15, 0.2) is 66.2 Å². The van der Waals surface area contributed by atoms with Crippen molar-refractivity contribution in [1.29, 1.82) is 0 Å². The van der Waals surface area contributed by atoms with Gasteiger partial charge in [-0.2, -0.15) is 0 Å². The maximum absolute atomic E-state index is 12.2. The largest absolute Gasteiger partial charge is 0.463 e. The van der Waals surface area contributed by atoms with Crippen LogP contribution in [0.25, 0.3) is 5.57 Å². The first kappa shape index (κ1) is 15.0. The van der Waals surface area contributed by atoms with Crippen LogP contribution in [0, 0.1) is 0 Å². The highest BCUT2D eigenvalue weighted by molar-refractivity contribution is 6.02. The summed E-state index contributed by atoms with van der Waals surface area (Å²) < 4.78 is 5.14. The molecule has 0 heterocycles. The van der Waals surface area contributed by atoms with Crippen molar-refractivity contribution in [3.8, 4) is 0 Å². The summed E-state index contributed by atoms with van der Waals surface area (Å²) in [6.07, 6.45) is 0. The molecule has 0 aromatic heterocycles. The van der Waals surface area contributed by atoms with Gasteiger partial charge in [0.1, 0.15) is 0 Å². The van der Waals surface area contributed by atoms with E-state index < -0.39 is 0 Å². The van der Waals surface area contributed by atoms with E-state index in [1.807, 2.05) is 60.7 Å². The van der Waals surface area contributed by atoms with Crippen molar-refractivity contribution in [3.63, 3.8) is 0 Å². The van der Waals surface area contributed by atoms with Crippen LogP contribution < -0.4 is 5.73 Å². The van der Waals surface area contributed by atoms with Crippen molar-refractivity contribution >= 4 is 11.5 Å². The quantitative estimate of drug-likeness (QED) is 0.677. The van der Waals surface area contributed by atoms with Crippen LogP contribution >= 0.6 is 0 Å². The number of rotatable bonds is 5. The Balaban J connectivity index is 2.62. The second-order valence-corrected chi connectivity index (χ2v) is 4.51. The molecule has 3 heteroatoms. The first-order valence-electron chi connectivity index (χ1n) is 6.99. The van der Waals surface area contributed by atoms with E-state index in [9.17, 15) is 4.79 Å². The summed E-state index contributed by atoms with van der Waals surface area (Å²) in [7, 11) is 0. The third kappa shape index (κ3) is 3.58. The molecule has 0 bridgehead atoms. The molecule has 3 nitrogen and oxygen atoms in total. The summed E-state index contributed by atoms with van der Waals surface area (Å²) in [5.74, 6) is -0.359. The van der Waals surface area contributed by atoms with E-state index in [0.717, 1.165) is 16.7 Å². The van der Waals surface area contributed by atoms with E-state index in [1.165, 1.54) is 0 Å². The van der Waals surface area contributed by atoms with Gasteiger partial charge in [-0.3, -0.25) is 0 Å². The normalized spacial score (nSPS) is 10.0. The Bertz CT molecular complexity index is 577. The van der Waals surface area contributed by atoms with E-state index >= 15 is 0 Å². The lowest BCUT2D eigenvalue weighted by molar-refractivity contribution is -0.138. The van der Waals surface area contributed by atoms with Gasteiger partial charge < -0.3 is 10.5 Å². The smallest absolute Gasteiger partial charge is 0.335 e. The molecule has 0 spiro atoms. The molecule has 0 atom stereocenters. The molecule has 0 aliphatic carbocycles. The van der Waals surface area contributed by atoms with Crippen molar-refractivity contribution in [2.45, 2.75) is 6.92 Å². The highest BCUT2D eigenvalue weighted by Crippen LogP contribution is 2.27. The van der Waals surface area contributed by atoms with Crippen LogP contribution in [-0.2, 0) is 9.53 Å². The minimum absolute atomic E-state index is 0.137. The predicted octanol–water partition coefficient (Wildman–Crippen LogP) is 3.01. The van der Waals surface area contributed by atoms with Crippen LogP contribution in [0.2, 0.25) is 0 Å². The number of esters is 1. The summed E-state index contributed by atoms with van der Waals surface area (Å²) in [5.41, 5.74) is 9.06. The highest BCUT2D eigenvalue weighted by Gasteiger charge is 2.18. The van der Waals surface area contributed by atoms with Gasteiger partial charge in [-0.05, 0) is 18.1 Å². The number of ether oxygens (including phenoxy) is 1. The zero-order valence-electron chi connectivity index (χ0n) is 12.1. The summed E-state index contributed by atoms with van der Waals surface area (Å²) in [6.45, 7) is 2.26. The zero-order chi connectivity index (χ0) is 15.1. The van der Waals surface area contributed by atoms with Gasteiger partial charge in [-0.25, -0.2) is 4.79 Å². The zero-order valence-corrected chi connectivity index (χ0v) is 12.1. The van der Waals surface area contributed by atoms with Crippen LogP contribution in [0.5, 0.6) is 0 Å². The molecule has 108 valence electrons. The first-order chi connectivity index (χ1) is 10.3. The minimum Gasteiger partial charge on any atom is -0.463 e. The molecule has 0 aliphatic heterocycles. The highest BCUT2D eigenvalue weighted by atomic mass is 16.5. The summed E-state index contributed by atoms with van der Waals surface area (Å²) in [4.78, 5) is 12.2. The SMILES string of the molecule is CCOC(=O)C(CN)=C(c1ccccc1)c1ccccc1. The maximum atomic E-state index is 12.2. The third-order valence-electron chi connectivity index (χ3n) is 3.15. The van der Waals surface area contributed by atoms with Crippen LogP contribution in [0.4, 0.5) is 0 Å². The third-order valence-corrected chi connectivity index (χ3v) is 3.15. The van der Waals surface area contributed by atoms with Crippen LogP contribution in [0.3, 0.4) is 0 Å². The average molecular weight is 281 g/mol. The van der Waals surface area contributed by atoms with Gasteiger partial charge in [0, 0.05) is 12.1 Å². The van der Waals surface area contributed by atoms with Crippen LogP contribution in [-0.4, -0.2) is 19.1 Å². The van der Waals surface area contributed by atoms with Crippen molar-refractivity contribution < 1.29 is 9.53 Å². The lowest BCUT2D eigenvalue weighted by Crippen LogP contribution is -2.18. The molecule has 2 aromatic rings. The molecule has 0 saturated carbocycles. The van der Waals surface area contributed by atoms with Gasteiger partial charge in [-0.15, -0.1) is 0 Å². The molecule has 2 rings (SSSR count). The van der Waals surface area contributed by atoms with Gasteiger partial charge in [0.25, 0.3) is 0 Å². The number of carbonyl (C=O) groups excluding carboxylic acids is 1. The number of nitrogens with two attached hydrogens (primary N) is 1. The summed E-state index contributed by atoms with van der Waals surface area (Å²) in [6, 6.07) is 19.5. The Kier molecular flexibility index (Phi) is 5.29. The minimum atomic E-state index is -0.359. The molecule has 0 fully saturated rings. The lowest BCUT2D eigenvalue weighted by Gasteiger charge is -2.14. The average Bonchev–Trinajstić information content (AvgIpc) is 2.54. The molecule has 0 radical (unpaired) electrons. The predicted molar refractivity (Wildman–Crippen MR) is 84.6 cm³/mol. The number of hydrogen-bond donors (Lipinski definition) is 1. The molecule has 0 saturated heterocycles. The fourth-order valence-corrected chi connectivity index (χ4v) is 2.23. The summed E-state index contributed by atoms with van der Waals surface area (Å²) >= 11 is 0. The Morgan fingerprint density at radius 2 is 1.43 bits per heavy atom. The molecule has 0 amide bonds. The molecule has 21 heavy (non-hydrogen) atoms. The van der Waals surface area contributed by atoms with Crippen molar-refractivity contribution in [2.24, 2.45) is 5.73 Å². The topological polar surface area (TPSA) is 52.3 Å². The summed E-state index contributed by atoms with van der Waals surface area (Å²) in [5, 5.41) is 0. The van der Waals surface area contributed by atoms with Crippen molar-refractivity contribution in [3.05, 3.63) is 77.4 Å². The second-order valence-electron chi connectivity index (χ2n) is 4.51. The second kappa shape index (κ2) is 7.41. The number of benzene rings is 2. The lowest BCUT2D eigenvalue weighted by atomic mass is 9.93. The maximum Gasteiger partial charge on any atom is 0.335 e. The monoisotopic (exact) mass is 281 g/mol. The fraction of sp³-hybridized carbons (Fsp3) is 0.167. The van der Waals surface area contributed by atoms with Crippen molar-refractivity contribution in [1.82, 2.24) is 0 Å². The Hall–Kier alpha value is -2.39. The molecule has 2 aromatic carbocycles. The molecule has 0 aliphatic rings. The molecular formula is C18H19NO2. The fourth-order valence-electron chi connectivity index (χ4n) is 2.23. The van der Waals surface area contributed by atoms with Gasteiger partial charge in [0.2, 0.25) is 0 Å². The van der Waals surface area contributed by atoms with Crippen molar-refractivity contribution in [2.75, 3.05) is 13.2 Å². The van der Waals surface area contributed by atoms with Gasteiger partial charge in [-0.1, -0.05) is 60.7 Å². The first-order valence-corrected chi connectivity index (χ1v) is 6.99.